The molecule has 1 aliphatic rings. The minimum atomic E-state index is -0.555. The molecule has 7 heteroatoms. The zero-order valence-electron chi connectivity index (χ0n) is 14.4. The zero-order chi connectivity index (χ0) is 17.0. The van der Waals surface area contributed by atoms with Crippen molar-refractivity contribution in [1.82, 2.24) is 16.0 Å². The van der Waals surface area contributed by atoms with E-state index in [-0.39, 0.29) is 12.1 Å². The van der Waals surface area contributed by atoms with Crippen molar-refractivity contribution in [2.75, 3.05) is 13.1 Å². The molecule has 0 radical (unpaired) electrons. The van der Waals surface area contributed by atoms with Crippen molar-refractivity contribution in [2.45, 2.75) is 71.2 Å². The van der Waals surface area contributed by atoms with Gasteiger partial charge in [0.15, 0.2) is 0 Å². The van der Waals surface area contributed by atoms with E-state index in [0.717, 1.165) is 6.54 Å². The Morgan fingerprint density at radius 3 is 1.82 bits per heavy atom. The molecule has 1 aliphatic heterocycles. The molecule has 0 aliphatic carbocycles. The molecule has 2 atom stereocenters. The van der Waals surface area contributed by atoms with Crippen molar-refractivity contribution in [3.8, 4) is 0 Å². The predicted octanol–water partition coefficient (Wildman–Crippen LogP) is 1.77. The van der Waals surface area contributed by atoms with E-state index in [9.17, 15) is 9.59 Å². The summed E-state index contributed by atoms with van der Waals surface area (Å²) < 4.78 is 10.5. The van der Waals surface area contributed by atoms with Gasteiger partial charge >= 0.3 is 12.2 Å². The van der Waals surface area contributed by atoms with Crippen LogP contribution in [0.2, 0.25) is 0 Å². The van der Waals surface area contributed by atoms with Gasteiger partial charge in [0.25, 0.3) is 0 Å². The summed E-state index contributed by atoms with van der Waals surface area (Å²) in [5.74, 6) is 0. The lowest BCUT2D eigenvalue weighted by molar-refractivity contribution is 0.0414. The molecule has 1 rings (SSSR count). The largest absolute Gasteiger partial charge is 0.444 e. The van der Waals surface area contributed by atoms with Crippen LogP contribution in [0.4, 0.5) is 9.59 Å². The van der Waals surface area contributed by atoms with Gasteiger partial charge in [-0.2, -0.15) is 0 Å². The van der Waals surface area contributed by atoms with Crippen molar-refractivity contribution in [3.05, 3.63) is 0 Å². The normalized spacial score (nSPS) is 22.6. The molecule has 0 aromatic rings. The third-order valence-corrected chi connectivity index (χ3v) is 2.89. The Kier molecular flexibility index (Phi) is 6.05. The summed E-state index contributed by atoms with van der Waals surface area (Å²) >= 11 is 0. The molecule has 1 saturated heterocycles. The van der Waals surface area contributed by atoms with Crippen LogP contribution < -0.4 is 16.0 Å². The summed E-state index contributed by atoms with van der Waals surface area (Å²) in [7, 11) is 0. The van der Waals surface area contributed by atoms with Crippen LogP contribution in [-0.2, 0) is 9.47 Å². The SMILES string of the molecule is CC(C)(C)OC(=O)NC1CCNCC1NC(=O)OC(C)(C)C. The van der Waals surface area contributed by atoms with Crippen molar-refractivity contribution in [3.63, 3.8) is 0 Å². The first-order chi connectivity index (χ1) is 9.96. The summed E-state index contributed by atoms with van der Waals surface area (Å²) in [5, 5.41) is 8.81. The van der Waals surface area contributed by atoms with E-state index in [4.69, 9.17) is 9.47 Å². The van der Waals surface area contributed by atoms with Crippen LogP contribution >= 0.6 is 0 Å². The molecule has 2 amide bonds. The standard InChI is InChI=1S/C15H29N3O4/c1-14(2,3)21-12(19)17-10-7-8-16-9-11(10)18-13(20)22-15(4,5)6/h10-11,16H,7-9H2,1-6H3,(H,17,19)(H,18,20). The molecule has 0 saturated carbocycles. The Balaban J connectivity index is 2.56. The Bertz CT molecular complexity index is 361. The third-order valence-electron chi connectivity index (χ3n) is 2.89. The minimum Gasteiger partial charge on any atom is -0.444 e. The van der Waals surface area contributed by atoms with Gasteiger partial charge in [0.1, 0.15) is 11.2 Å². The van der Waals surface area contributed by atoms with Crippen molar-refractivity contribution < 1.29 is 19.1 Å². The molecule has 3 N–H and O–H groups in total. The first-order valence-electron chi connectivity index (χ1n) is 7.66. The Hall–Kier alpha value is -1.50. The lowest BCUT2D eigenvalue weighted by Crippen LogP contribution is -2.60. The maximum Gasteiger partial charge on any atom is 0.407 e. The van der Waals surface area contributed by atoms with Crippen LogP contribution in [0.15, 0.2) is 0 Å². The first kappa shape index (κ1) is 18.5. The monoisotopic (exact) mass is 315 g/mol. The number of carbonyl (C=O) groups excluding carboxylic acids is 2. The molecule has 2 unspecified atom stereocenters. The van der Waals surface area contributed by atoms with E-state index in [2.05, 4.69) is 16.0 Å². The van der Waals surface area contributed by atoms with Crippen LogP contribution in [0.3, 0.4) is 0 Å². The van der Waals surface area contributed by atoms with E-state index in [0.29, 0.717) is 13.0 Å². The fourth-order valence-electron chi connectivity index (χ4n) is 2.10. The molecule has 7 nitrogen and oxygen atoms in total. The van der Waals surface area contributed by atoms with Crippen molar-refractivity contribution >= 4 is 12.2 Å². The van der Waals surface area contributed by atoms with Crippen LogP contribution in [0, 0.1) is 0 Å². The van der Waals surface area contributed by atoms with E-state index >= 15 is 0 Å². The van der Waals surface area contributed by atoms with Gasteiger partial charge in [0.05, 0.1) is 12.1 Å². The number of piperidine rings is 1. The van der Waals surface area contributed by atoms with E-state index in [1.165, 1.54) is 0 Å². The molecule has 22 heavy (non-hydrogen) atoms. The molecule has 0 aromatic heterocycles. The second kappa shape index (κ2) is 7.17. The van der Waals surface area contributed by atoms with Gasteiger partial charge in [0.2, 0.25) is 0 Å². The maximum absolute atomic E-state index is 11.9. The topological polar surface area (TPSA) is 88.7 Å². The third kappa shape index (κ3) is 7.49. The summed E-state index contributed by atoms with van der Waals surface area (Å²) in [6, 6.07) is -0.431. The Morgan fingerprint density at radius 1 is 0.909 bits per heavy atom. The molecule has 0 bridgehead atoms. The van der Waals surface area contributed by atoms with E-state index in [1.54, 1.807) is 0 Å². The van der Waals surface area contributed by atoms with Gasteiger partial charge in [-0.25, -0.2) is 9.59 Å². The number of alkyl carbamates (subject to hydrolysis) is 2. The van der Waals surface area contributed by atoms with Gasteiger partial charge in [-0.05, 0) is 54.5 Å². The highest BCUT2D eigenvalue weighted by Crippen LogP contribution is 2.11. The summed E-state index contributed by atoms with van der Waals surface area (Å²) in [4.78, 5) is 23.8. The van der Waals surface area contributed by atoms with Crippen LogP contribution in [0.5, 0.6) is 0 Å². The molecule has 0 spiro atoms. The van der Waals surface area contributed by atoms with Gasteiger partial charge < -0.3 is 25.4 Å². The first-order valence-corrected chi connectivity index (χ1v) is 7.66. The zero-order valence-corrected chi connectivity index (χ0v) is 14.4. The number of nitrogens with one attached hydrogen (secondary N) is 3. The van der Waals surface area contributed by atoms with Crippen LogP contribution in [-0.4, -0.2) is 48.6 Å². The number of hydrogen-bond acceptors (Lipinski definition) is 5. The highest BCUT2D eigenvalue weighted by atomic mass is 16.6. The smallest absolute Gasteiger partial charge is 0.407 e. The lowest BCUT2D eigenvalue weighted by atomic mass is 10.0. The van der Waals surface area contributed by atoms with Gasteiger partial charge in [-0.1, -0.05) is 0 Å². The molecular weight excluding hydrogens is 286 g/mol. The molecular formula is C15H29N3O4. The minimum absolute atomic E-state index is 0.191. The molecule has 1 heterocycles. The van der Waals surface area contributed by atoms with E-state index in [1.807, 2.05) is 41.5 Å². The highest BCUT2D eigenvalue weighted by Gasteiger charge is 2.30. The summed E-state index contributed by atoms with van der Waals surface area (Å²) in [6.07, 6.45) is -0.257. The molecule has 0 aromatic carbocycles. The van der Waals surface area contributed by atoms with E-state index < -0.39 is 23.4 Å². The summed E-state index contributed by atoms with van der Waals surface area (Å²) in [6.45, 7) is 12.2. The van der Waals surface area contributed by atoms with Gasteiger partial charge in [-0.15, -0.1) is 0 Å². The quantitative estimate of drug-likeness (QED) is 0.722. The number of ether oxygens (including phenoxy) is 2. The number of rotatable bonds is 2. The Labute approximate surface area is 132 Å². The predicted molar refractivity (Wildman–Crippen MR) is 83.8 cm³/mol. The maximum atomic E-state index is 11.9. The Morgan fingerprint density at radius 2 is 1.36 bits per heavy atom. The van der Waals surface area contributed by atoms with Crippen molar-refractivity contribution in [1.29, 1.82) is 0 Å². The number of hydrogen-bond donors (Lipinski definition) is 3. The van der Waals surface area contributed by atoms with Gasteiger partial charge in [0, 0.05) is 6.54 Å². The summed E-state index contributed by atoms with van der Waals surface area (Å²) in [5.41, 5.74) is -1.11. The average Bonchev–Trinajstić information content (AvgIpc) is 2.26. The van der Waals surface area contributed by atoms with Crippen LogP contribution in [0.25, 0.3) is 0 Å². The average molecular weight is 315 g/mol. The molecule has 1 fully saturated rings. The number of carbonyl (C=O) groups is 2. The fourth-order valence-corrected chi connectivity index (χ4v) is 2.10. The van der Waals surface area contributed by atoms with Crippen molar-refractivity contribution in [2.24, 2.45) is 0 Å². The second-order valence-electron chi connectivity index (χ2n) is 7.50. The van der Waals surface area contributed by atoms with Crippen LogP contribution in [0.1, 0.15) is 48.0 Å². The number of amides is 2. The second-order valence-corrected chi connectivity index (χ2v) is 7.50. The fraction of sp³-hybridized carbons (Fsp3) is 0.867. The lowest BCUT2D eigenvalue weighted by Gasteiger charge is -2.34. The highest BCUT2D eigenvalue weighted by molar-refractivity contribution is 5.70. The molecule has 128 valence electrons. The van der Waals surface area contributed by atoms with Gasteiger partial charge in [-0.3, -0.25) is 0 Å².